The highest BCUT2D eigenvalue weighted by atomic mass is 79.9. The van der Waals surface area contributed by atoms with E-state index in [9.17, 15) is 35.9 Å². The van der Waals surface area contributed by atoms with Crippen molar-refractivity contribution in [1.29, 1.82) is 0 Å². The summed E-state index contributed by atoms with van der Waals surface area (Å²) in [5, 5.41) is 8.10. The van der Waals surface area contributed by atoms with E-state index in [1.165, 1.54) is 50.5 Å². The third kappa shape index (κ3) is 5.87. The van der Waals surface area contributed by atoms with Crippen molar-refractivity contribution >= 4 is 44.3 Å². The molecule has 3 heterocycles. The van der Waals surface area contributed by atoms with Crippen LogP contribution in [-0.2, 0) is 18.9 Å². The van der Waals surface area contributed by atoms with Crippen LogP contribution >= 0.6 is 15.9 Å². The van der Waals surface area contributed by atoms with Gasteiger partial charge < -0.3 is 10.6 Å². The highest BCUT2D eigenvalue weighted by molar-refractivity contribution is 9.10. The number of fused-ring (bicyclic) bond motifs is 1. The Morgan fingerprint density at radius 2 is 1.72 bits per heavy atom. The van der Waals surface area contributed by atoms with Gasteiger partial charge in [-0.3, -0.25) is 19.3 Å². The van der Waals surface area contributed by atoms with Crippen LogP contribution in [0.2, 0.25) is 0 Å². The Balaban J connectivity index is 1.75. The van der Waals surface area contributed by atoms with Crippen LogP contribution in [0.5, 0.6) is 0 Å². The number of carbonyl (C=O) groups is 2. The van der Waals surface area contributed by atoms with Gasteiger partial charge in [-0.1, -0.05) is 15.9 Å². The second-order valence-corrected chi connectivity index (χ2v) is 9.17. The van der Waals surface area contributed by atoms with Crippen LogP contribution in [0.3, 0.4) is 0 Å². The summed E-state index contributed by atoms with van der Waals surface area (Å²) in [6, 6.07) is 7.34. The summed E-state index contributed by atoms with van der Waals surface area (Å²) in [6.45, 7) is 1.02. The molecule has 4 aromatic rings. The van der Waals surface area contributed by atoms with E-state index in [0.29, 0.717) is 10.5 Å². The Labute approximate surface area is 224 Å². The molecule has 0 aliphatic carbocycles. The van der Waals surface area contributed by atoms with Crippen LogP contribution in [0.15, 0.2) is 47.1 Å². The van der Waals surface area contributed by atoms with E-state index in [1.54, 1.807) is 0 Å². The van der Waals surface area contributed by atoms with Crippen molar-refractivity contribution in [3.05, 3.63) is 81.0 Å². The molecule has 0 aliphatic heterocycles. The Morgan fingerprint density at radius 3 is 2.31 bits per heavy atom. The molecule has 0 atom stereocenters. The summed E-state index contributed by atoms with van der Waals surface area (Å²) in [5.41, 5.74) is -3.86. The molecular formula is C24H17BrF6N6O2. The standard InChI is InChI=1S/C24H17BrF6N6O2/c1-11-19(20(24(29,30)31)36-37(11)10-14-5-3-12(9-33-14)21(38)32-2)35-22(39)16-8-18(23(26,27)28)34-17-6-4-13(25)7-15(16)17/h3-9H,10H2,1-2H3,(H,32,38)(H,35,39). The summed E-state index contributed by atoms with van der Waals surface area (Å²) in [6.07, 6.45) is -8.67. The van der Waals surface area contributed by atoms with E-state index in [2.05, 4.69) is 41.6 Å². The first-order chi connectivity index (χ1) is 18.2. The van der Waals surface area contributed by atoms with Gasteiger partial charge in [-0.05, 0) is 43.3 Å². The summed E-state index contributed by atoms with van der Waals surface area (Å²) < 4.78 is 83.4. The number of nitrogens with zero attached hydrogens (tertiary/aromatic N) is 4. The van der Waals surface area contributed by atoms with E-state index in [1.807, 2.05) is 0 Å². The van der Waals surface area contributed by atoms with E-state index in [4.69, 9.17) is 0 Å². The van der Waals surface area contributed by atoms with E-state index >= 15 is 0 Å². The monoisotopic (exact) mass is 614 g/mol. The fraction of sp³-hybridized carbons (Fsp3) is 0.208. The largest absolute Gasteiger partial charge is 0.437 e. The van der Waals surface area contributed by atoms with Gasteiger partial charge in [0.25, 0.3) is 11.8 Å². The number of anilines is 1. The number of aromatic nitrogens is 4. The molecule has 39 heavy (non-hydrogen) atoms. The quantitative estimate of drug-likeness (QED) is 0.285. The number of benzene rings is 1. The number of halogens is 7. The van der Waals surface area contributed by atoms with Crippen LogP contribution in [-0.4, -0.2) is 38.6 Å². The zero-order valence-corrected chi connectivity index (χ0v) is 21.6. The number of hydrogen-bond donors (Lipinski definition) is 2. The fourth-order valence-corrected chi connectivity index (χ4v) is 4.07. The molecule has 3 aromatic heterocycles. The van der Waals surface area contributed by atoms with Crippen molar-refractivity contribution in [2.45, 2.75) is 25.8 Å². The number of amides is 2. The van der Waals surface area contributed by atoms with Gasteiger partial charge in [-0.25, -0.2) is 4.98 Å². The Hall–Kier alpha value is -4.01. The second-order valence-electron chi connectivity index (χ2n) is 8.25. The minimum atomic E-state index is -5.00. The number of carbonyl (C=O) groups excluding carboxylic acids is 2. The first kappa shape index (κ1) is 28.0. The molecule has 0 unspecified atom stereocenters. The van der Waals surface area contributed by atoms with Crippen LogP contribution < -0.4 is 10.6 Å². The molecule has 2 N–H and O–H groups in total. The molecule has 0 saturated carbocycles. The van der Waals surface area contributed by atoms with Gasteiger partial charge in [0.2, 0.25) is 0 Å². The van der Waals surface area contributed by atoms with Gasteiger partial charge in [-0.15, -0.1) is 0 Å². The van der Waals surface area contributed by atoms with Gasteiger partial charge in [0.05, 0.1) is 40.3 Å². The van der Waals surface area contributed by atoms with Gasteiger partial charge in [0.15, 0.2) is 5.69 Å². The molecule has 0 saturated heterocycles. The van der Waals surface area contributed by atoms with Crippen molar-refractivity contribution in [2.24, 2.45) is 0 Å². The first-order valence-electron chi connectivity index (χ1n) is 11.0. The molecule has 8 nitrogen and oxygen atoms in total. The summed E-state index contributed by atoms with van der Waals surface area (Å²) in [7, 11) is 1.43. The lowest BCUT2D eigenvalue weighted by molar-refractivity contribution is -0.141. The van der Waals surface area contributed by atoms with Gasteiger partial charge in [-0.2, -0.15) is 31.4 Å². The molecule has 0 spiro atoms. The van der Waals surface area contributed by atoms with E-state index < -0.39 is 46.8 Å². The molecule has 0 bridgehead atoms. The molecule has 0 aliphatic rings. The normalized spacial score (nSPS) is 12.0. The van der Waals surface area contributed by atoms with Gasteiger partial charge >= 0.3 is 12.4 Å². The molecular weight excluding hydrogens is 598 g/mol. The van der Waals surface area contributed by atoms with Crippen LogP contribution in [0.25, 0.3) is 10.9 Å². The Morgan fingerprint density at radius 1 is 1.00 bits per heavy atom. The third-order valence-corrected chi connectivity index (χ3v) is 6.14. The van der Waals surface area contributed by atoms with Crippen molar-refractivity contribution in [3.63, 3.8) is 0 Å². The predicted molar refractivity (Wildman–Crippen MR) is 131 cm³/mol. The SMILES string of the molecule is CNC(=O)c1ccc(Cn2nc(C(F)(F)F)c(NC(=O)c3cc(C(F)(F)F)nc4ccc(Br)cc34)c2C)nc1. The maximum absolute atomic E-state index is 13.9. The zero-order chi connectivity index (χ0) is 28.7. The van der Waals surface area contributed by atoms with Gasteiger partial charge in [0.1, 0.15) is 5.69 Å². The van der Waals surface area contributed by atoms with Gasteiger partial charge in [0, 0.05) is 23.1 Å². The first-order valence-corrected chi connectivity index (χ1v) is 11.8. The Bertz CT molecular complexity index is 1580. The number of rotatable bonds is 5. The molecule has 204 valence electrons. The minimum Gasteiger partial charge on any atom is -0.355 e. The number of pyridine rings is 2. The lowest BCUT2D eigenvalue weighted by atomic mass is 10.1. The number of hydrogen-bond acceptors (Lipinski definition) is 5. The summed E-state index contributed by atoms with van der Waals surface area (Å²) in [4.78, 5) is 32.5. The van der Waals surface area contributed by atoms with Crippen LogP contribution in [0, 0.1) is 6.92 Å². The van der Waals surface area contributed by atoms with Crippen LogP contribution in [0.1, 0.15) is 43.5 Å². The average molecular weight is 615 g/mol. The highest BCUT2D eigenvalue weighted by Gasteiger charge is 2.40. The van der Waals surface area contributed by atoms with E-state index in [0.717, 1.165) is 4.68 Å². The number of nitrogens with one attached hydrogen (secondary N) is 2. The lowest BCUT2D eigenvalue weighted by Gasteiger charge is -2.13. The topological polar surface area (TPSA) is 102 Å². The lowest BCUT2D eigenvalue weighted by Crippen LogP contribution is -2.18. The maximum atomic E-state index is 13.9. The Kier molecular flexibility index (Phi) is 7.38. The molecule has 2 amide bonds. The van der Waals surface area contributed by atoms with Crippen molar-refractivity contribution in [1.82, 2.24) is 25.1 Å². The molecule has 0 radical (unpaired) electrons. The zero-order valence-electron chi connectivity index (χ0n) is 20.0. The summed E-state index contributed by atoms with van der Waals surface area (Å²) in [5.74, 6) is -1.62. The molecule has 15 heteroatoms. The maximum Gasteiger partial charge on any atom is 0.437 e. The fourth-order valence-electron chi connectivity index (χ4n) is 3.71. The van der Waals surface area contributed by atoms with Crippen molar-refractivity contribution < 1.29 is 35.9 Å². The van der Waals surface area contributed by atoms with E-state index in [-0.39, 0.29) is 34.4 Å². The smallest absolute Gasteiger partial charge is 0.355 e. The second kappa shape index (κ2) is 10.3. The molecule has 4 rings (SSSR count). The van der Waals surface area contributed by atoms with Crippen LogP contribution in [0.4, 0.5) is 32.0 Å². The summed E-state index contributed by atoms with van der Waals surface area (Å²) >= 11 is 3.17. The molecule has 1 aromatic carbocycles. The average Bonchev–Trinajstić information content (AvgIpc) is 3.17. The highest BCUT2D eigenvalue weighted by Crippen LogP contribution is 2.37. The minimum absolute atomic E-state index is 0.00566. The number of alkyl halides is 6. The molecule has 0 fully saturated rings. The predicted octanol–water partition coefficient (Wildman–Crippen LogP) is 5.60. The van der Waals surface area contributed by atoms with Crippen molar-refractivity contribution in [3.8, 4) is 0 Å². The third-order valence-electron chi connectivity index (χ3n) is 5.65. The van der Waals surface area contributed by atoms with Crippen molar-refractivity contribution in [2.75, 3.05) is 12.4 Å².